The number of rotatable bonds is 14. The maximum Gasteiger partial charge on any atom is 0.536 e. The first-order chi connectivity index (χ1) is 20.3. The van der Waals surface area contributed by atoms with Crippen molar-refractivity contribution in [3.8, 4) is 11.4 Å². The second kappa shape index (κ2) is 14.3. The van der Waals surface area contributed by atoms with Gasteiger partial charge < -0.3 is 26.6 Å². The topological polar surface area (TPSA) is 64.2 Å². The highest BCUT2D eigenvalue weighted by Crippen LogP contribution is 2.33. The third kappa shape index (κ3) is 6.62. The Hall–Kier alpha value is -2.16. The molecule has 0 fully saturated rings. The summed E-state index contributed by atoms with van der Waals surface area (Å²) in [6, 6.07) is 8.82. The van der Waals surface area contributed by atoms with Gasteiger partial charge in [-0.1, -0.05) is 55.4 Å². The Labute approximate surface area is 261 Å². The average Bonchev–Trinajstić information content (AvgIpc) is 3.48. The molecular weight excluding hydrogens is 577 g/mol. The Morgan fingerprint density at radius 2 is 0.860 bits per heavy atom. The smallest absolute Gasteiger partial charge is 0.373 e. The minimum atomic E-state index is -3.03. The van der Waals surface area contributed by atoms with Gasteiger partial charge in [0, 0.05) is 75.3 Å². The lowest BCUT2D eigenvalue weighted by molar-refractivity contribution is -0.596. The summed E-state index contributed by atoms with van der Waals surface area (Å²) in [7, 11) is 3.90. The van der Waals surface area contributed by atoms with Gasteiger partial charge in [-0.3, -0.25) is 0 Å². The molecule has 0 atom stereocenters. The van der Waals surface area contributed by atoms with E-state index in [4.69, 9.17) is 26.6 Å². The van der Waals surface area contributed by atoms with Gasteiger partial charge in [0.15, 0.2) is 0 Å². The van der Waals surface area contributed by atoms with Crippen molar-refractivity contribution in [2.24, 2.45) is 0 Å². The van der Waals surface area contributed by atoms with Crippen LogP contribution >= 0.6 is 0 Å². The molecule has 0 amide bonds. The lowest BCUT2D eigenvalue weighted by Gasteiger charge is -2.27. The van der Waals surface area contributed by atoms with Crippen LogP contribution in [0.25, 0.3) is 11.4 Å². The van der Waals surface area contributed by atoms with Crippen LogP contribution in [-0.2, 0) is 26.6 Å². The van der Waals surface area contributed by atoms with Crippen molar-refractivity contribution in [1.82, 2.24) is 4.57 Å². The van der Waals surface area contributed by atoms with Crippen molar-refractivity contribution < 1.29 is 31.1 Å². The zero-order valence-electron chi connectivity index (χ0n) is 28.7. The second-order valence-electron chi connectivity index (χ2n) is 12.2. The quantitative estimate of drug-likeness (QED) is 0.175. The van der Waals surface area contributed by atoms with Crippen molar-refractivity contribution >= 4 is 28.0 Å². The minimum absolute atomic E-state index is 0.257. The number of nitrogens with zero attached hydrogens (tertiary/aromatic N) is 2. The second-order valence-corrected chi connectivity index (χ2v) is 18.0. The summed E-state index contributed by atoms with van der Waals surface area (Å²) in [6.45, 7) is 17.8. The Kier molecular flexibility index (Phi) is 11.7. The highest BCUT2D eigenvalue weighted by molar-refractivity contribution is 6.75. The van der Waals surface area contributed by atoms with E-state index in [0.717, 1.165) is 10.4 Å². The molecule has 0 unspecified atom stereocenters. The summed E-state index contributed by atoms with van der Waals surface area (Å²) in [5, 5.41) is 1.94. The monoisotopic (exact) mass is 629 g/mol. The van der Waals surface area contributed by atoms with Gasteiger partial charge in [-0.15, -0.1) is 0 Å². The molecule has 3 aromatic rings. The summed E-state index contributed by atoms with van der Waals surface area (Å²) in [6.07, 6.45) is 6.50. The standard InChI is InChI=1S/C33H53N2O6Si2/c1-22(2)28-17-26(42(36-9,37-10)38-11)18-29(23(3)4)32(28)34-15-16-35(21-34)33-30(24(5)6)19-27(20-31(33)25(7)8)43(39-12,40-13)41-14/h15-25H,1-14H3/q+1. The SMILES string of the molecule is CO[Si](OC)(OC)c1cc(C(C)C)c(-n2cc[n+](-c3c(C(C)C)cc([Si](OC)(OC)OC)cc3C(C)C)c2)c(C(C)C)c1. The van der Waals surface area contributed by atoms with E-state index in [1.165, 1.54) is 33.6 Å². The van der Waals surface area contributed by atoms with E-state index in [2.05, 4.69) is 108 Å². The summed E-state index contributed by atoms with van der Waals surface area (Å²) in [5.74, 6) is 1.03. The van der Waals surface area contributed by atoms with Gasteiger partial charge in [-0.05, 0) is 47.9 Å². The predicted octanol–water partition coefficient (Wildman–Crippen LogP) is 5.42. The lowest BCUT2D eigenvalue weighted by Crippen LogP contribution is -2.55. The lowest BCUT2D eigenvalue weighted by atomic mass is 9.92. The molecule has 0 aliphatic heterocycles. The number of hydrogen-bond donors (Lipinski definition) is 0. The Balaban J connectivity index is 2.35. The largest absolute Gasteiger partial charge is 0.536 e. The number of aromatic nitrogens is 2. The zero-order valence-corrected chi connectivity index (χ0v) is 30.7. The molecule has 43 heavy (non-hydrogen) atoms. The van der Waals surface area contributed by atoms with E-state index in [1.54, 1.807) is 42.7 Å². The van der Waals surface area contributed by atoms with Gasteiger partial charge in [0.25, 0.3) is 6.33 Å². The maximum atomic E-state index is 5.89. The van der Waals surface area contributed by atoms with Gasteiger partial charge in [0.05, 0.1) is 0 Å². The molecule has 0 bridgehead atoms. The Bertz CT molecular complexity index is 1200. The molecule has 1 aromatic heterocycles. The van der Waals surface area contributed by atoms with Crippen LogP contribution in [0, 0.1) is 0 Å². The third-order valence-electron chi connectivity index (χ3n) is 8.30. The minimum Gasteiger partial charge on any atom is -0.373 e. The number of imidazole rings is 1. The highest BCUT2D eigenvalue weighted by Gasteiger charge is 2.44. The van der Waals surface area contributed by atoms with E-state index in [-0.39, 0.29) is 23.7 Å². The Morgan fingerprint density at radius 3 is 1.16 bits per heavy atom. The van der Waals surface area contributed by atoms with Gasteiger partial charge in [0.1, 0.15) is 23.8 Å². The fourth-order valence-corrected chi connectivity index (χ4v) is 9.64. The van der Waals surface area contributed by atoms with E-state index in [0.29, 0.717) is 0 Å². The van der Waals surface area contributed by atoms with Crippen LogP contribution < -0.4 is 14.9 Å². The van der Waals surface area contributed by atoms with Gasteiger partial charge in [-0.25, -0.2) is 9.13 Å². The molecule has 8 nitrogen and oxygen atoms in total. The van der Waals surface area contributed by atoms with Gasteiger partial charge >= 0.3 is 17.6 Å². The van der Waals surface area contributed by atoms with Crippen LogP contribution in [0.3, 0.4) is 0 Å². The van der Waals surface area contributed by atoms with E-state index in [1.807, 2.05) is 0 Å². The van der Waals surface area contributed by atoms with Gasteiger partial charge in [-0.2, -0.15) is 0 Å². The summed E-state index contributed by atoms with van der Waals surface area (Å²) < 4.78 is 39.8. The molecule has 0 radical (unpaired) electrons. The summed E-state index contributed by atoms with van der Waals surface area (Å²) >= 11 is 0. The molecule has 0 aliphatic carbocycles. The normalized spacial score (nSPS) is 12.9. The van der Waals surface area contributed by atoms with Crippen LogP contribution in [0.15, 0.2) is 43.0 Å². The van der Waals surface area contributed by atoms with Crippen LogP contribution in [0.4, 0.5) is 0 Å². The van der Waals surface area contributed by atoms with Crippen molar-refractivity contribution in [3.05, 3.63) is 65.2 Å². The Morgan fingerprint density at radius 1 is 0.535 bits per heavy atom. The fourth-order valence-electron chi connectivity index (χ4n) is 5.90. The van der Waals surface area contributed by atoms with E-state index < -0.39 is 17.6 Å². The van der Waals surface area contributed by atoms with E-state index >= 15 is 0 Å². The van der Waals surface area contributed by atoms with Crippen LogP contribution in [-0.4, -0.2) is 64.8 Å². The molecule has 10 heteroatoms. The maximum absolute atomic E-state index is 5.89. The van der Waals surface area contributed by atoms with Crippen molar-refractivity contribution in [3.63, 3.8) is 0 Å². The summed E-state index contributed by atoms with van der Waals surface area (Å²) in [4.78, 5) is 0. The van der Waals surface area contributed by atoms with Crippen molar-refractivity contribution in [1.29, 1.82) is 0 Å². The van der Waals surface area contributed by atoms with E-state index in [9.17, 15) is 0 Å². The van der Waals surface area contributed by atoms with Gasteiger partial charge in [0.2, 0.25) is 0 Å². The first-order valence-electron chi connectivity index (χ1n) is 15.1. The molecule has 3 rings (SSSR count). The zero-order chi connectivity index (χ0) is 32.3. The highest BCUT2D eigenvalue weighted by atomic mass is 28.4. The average molecular weight is 630 g/mol. The molecular formula is C33H53N2O6Si2+. The first kappa shape index (κ1) is 35.3. The first-order valence-corrected chi connectivity index (χ1v) is 18.5. The van der Waals surface area contributed by atoms with Crippen molar-refractivity contribution in [2.45, 2.75) is 79.1 Å². The summed E-state index contributed by atoms with van der Waals surface area (Å²) in [5.41, 5.74) is 7.21. The molecule has 238 valence electrons. The number of benzene rings is 2. The molecule has 2 aromatic carbocycles. The molecule has 0 saturated carbocycles. The number of hydrogen-bond acceptors (Lipinski definition) is 6. The third-order valence-corrected chi connectivity index (χ3v) is 13.5. The van der Waals surface area contributed by atoms with Crippen molar-refractivity contribution in [2.75, 3.05) is 42.7 Å². The van der Waals surface area contributed by atoms with Crippen LogP contribution in [0.5, 0.6) is 0 Å². The molecule has 0 saturated heterocycles. The fraction of sp³-hybridized carbons (Fsp3) is 0.545. The molecule has 0 spiro atoms. The molecule has 0 N–H and O–H groups in total. The molecule has 0 aliphatic rings. The molecule has 1 heterocycles. The predicted molar refractivity (Wildman–Crippen MR) is 176 cm³/mol. The van der Waals surface area contributed by atoms with Crippen LogP contribution in [0.1, 0.15) is 101 Å². The van der Waals surface area contributed by atoms with Crippen LogP contribution in [0.2, 0.25) is 0 Å².